The van der Waals surface area contributed by atoms with E-state index in [9.17, 15) is 4.79 Å². The van der Waals surface area contributed by atoms with Crippen molar-refractivity contribution in [3.8, 4) is 0 Å². The lowest BCUT2D eigenvalue weighted by atomic mass is 9.97. The molecule has 0 bridgehead atoms. The third kappa shape index (κ3) is 1.52. The number of hydrogen-bond donors (Lipinski definition) is 0. The van der Waals surface area contributed by atoms with Gasteiger partial charge in [0.2, 0.25) is 0 Å². The van der Waals surface area contributed by atoms with Crippen LogP contribution in [-0.4, -0.2) is 5.78 Å². The van der Waals surface area contributed by atoms with Crippen LogP contribution in [0.4, 0.5) is 0 Å². The minimum Gasteiger partial charge on any atom is -0.289 e. The van der Waals surface area contributed by atoms with E-state index < -0.39 is 0 Å². The van der Waals surface area contributed by atoms with Crippen molar-refractivity contribution in [2.75, 3.05) is 0 Å². The van der Waals surface area contributed by atoms with E-state index in [2.05, 4.69) is 25.1 Å². The molecule has 0 aromatic heterocycles. The standard InChI is InChI=1S/C17H14O/c1-11-8-9-14-15(10-11)16(12(2)17(14)18)13-6-4-3-5-7-13/h3-10H,1-2H3. The molecule has 0 atom stereocenters. The molecule has 18 heavy (non-hydrogen) atoms. The van der Waals surface area contributed by atoms with Crippen molar-refractivity contribution in [1.29, 1.82) is 0 Å². The molecule has 1 nitrogen and oxygen atoms in total. The molecule has 0 saturated carbocycles. The fraction of sp³-hybridized carbons (Fsp3) is 0.118. The number of aryl methyl sites for hydroxylation is 1. The fourth-order valence-corrected chi connectivity index (χ4v) is 2.56. The minimum atomic E-state index is 0.156. The van der Waals surface area contributed by atoms with Crippen LogP contribution in [0, 0.1) is 6.92 Å². The maximum Gasteiger partial charge on any atom is 0.189 e. The lowest BCUT2D eigenvalue weighted by Gasteiger charge is -2.07. The SMILES string of the molecule is CC1=C(c2ccccc2)c2cc(C)ccc2C1=O. The predicted octanol–water partition coefficient (Wildman–Crippen LogP) is 4.01. The van der Waals surface area contributed by atoms with Crippen molar-refractivity contribution in [1.82, 2.24) is 0 Å². The summed E-state index contributed by atoms with van der Waals surface area (Å²) < 4.78 is 0. The third-order valence-corrected chi connectivity index (χ3v) is 3.47. The Kier molecular flexibility index (Phi) is 2.41. The summed E-state index contributed by atoms with van der Waals surface area (Å²) in [6, 6.07) is 16.2. The van der Waals surface area contributed by atoms with Gasteiger partial charge in [0.05, 0.1) is 0 Å². The molecule has 0 spiro atoms. The summed E-state index contributed by atoms with van der Waals surface area (Å²) in [5.41, 5.74) is 6.14. The van der Waals surface area contributed by atoms with Gasteiger partial charge in [-0.05, 0) is 30.5 Å². The molecule has 0 heterocycles. The van der Waals surface area contributed by atoms with Crippen molar-refractivity contribution in [3.63, 3.8) is 0 Å². The van der Waals surface area contributed by atoms with Gasteiger partial charge in [-0.1, -0.05) is 54.1 Å². The van der Waals surface area contributed by atoms with Crippen molar-refractivity contribution in [3.05, 3.63) is 76.4 Å². The van der Waals surface area contributed by atoms with Gasteiger partial charge in [0, 0.05) is 11.1 Å². The number of carbonyl (C=O) groups is 1. The molecular formula is C17H14O. The first-order valence-electron chi connectivity index (χ1n) is 6.10. The van der Waals surface area contributed by atoms with Crippen LogP contribution in [0.1, 0.15) is 34.0 Å². The highest BCUT2D eigenvalue weighted by atomic mass is 16.1. The highest BCUT2D eigenvalue weighted by Gasteiger charge is 2.27. The number of carbonyl (C=O) groups excluding carboxylic acids is 1. The first-order valence-corrected chi connectivity index (χ1v) is 6.10. The summed E-state index contributed by atoms with van der Waals surface area (Å²) in [5, 5.41) is 0. The number of ketones is 1. The van der Waals surface area contributed by atoms with Crippen LogP contribution in [0.25, 0.3) is 5.57 Å². The van der Waals surface area contributed by atoms with Gasteiger partial charge in [-0.3, -0.25) is 4.79 Å². The molecule has 2 aromatic rings. The fourth-order valence-electron chi connectivity index (χ4n) is 2.56. The Morgan fingerprint density at radius 3 is 2.28 bits per heavy atom. The number of fused-ring (bicyclic) bond motifs is 1. The Balaban J connectivity index is 2.28. The average molecular weight is 234 g/mol. The monoisotopic (exact) mass is 234 g/mol. The van der Waals surface area contributed by atoms with Gasteiger partial charge < -0.3 is 0 Å². The van der Waals surface area contributed by atoms with E-state index in [1.54, 1.807) is 0 Å². The van der Waals surface area contributed by atoms with Gasteiger partial charge in [0.1, 0.15) is 0 Å². The van der Waals surface area contributed by atoms with E-state index in [0.717, 1.165) is 27.8 Å². The number of benzene rings is 2. The first-order chi connectivity index (χ1) is 8.68. The maximum atomic E-state index is 12.2. The molecule has 1 aliphatic carbocycles. The highest BCUT2D eigenvalue weighted by molar-refractivity contribution is 6.22. The van der Waals surface area contributed by atoms with E-state index in [0.29, 0.717) is 0 Å². The zero-order valence-electron chi connectivity index (χ0n) is 10.5. The second kappa shape index (κ2) is 3.95. The smallest absolute Gasteiger partial charge is 0.189 e. The van der Waals surface area contributed by atoms with Crippen molar-refractivity contribution in [2.45, 2.75) is 13.8 Å². The number of Topliss-reactive ketones (excluding diaryl/α,β-unsaturated/α-hetero) is 1. The van der Waals surface area contributed by atoms with Crippen molar-refractivity contribution >= 4 is 11.4 Å². The third-order valence-electron chi connectivity index (χ3n) is 3.47. The summed E-state index contributed by atoms with van der Waals surface area (Å²) >= 11 is 0. The molecule has 0 radical (unpaired) electrons. The van der Waals surface area contributed by atoms with Gasteiger partial charge in [0.25, 0.3) is 0 Å². The molecule has 0 saturated heterocycles. The molecule has 0 fully saturated rings. The van der Waals surface area contributed by atoms with Crippen LogP contribution in [0.5, 0.6) is 0 Å². The summed E-state index contributed by atoms with van der Waals surface area (Å²) in [6.07, 6.45) is 0. The van der Waals surface area contributed by atoms with Crippen LogP contribution in [0.15, 0.2) is 54.1 Å². The molecule has 3 rings (SSSR count). The van der Waals surface area contributed by atoms with Gasteiger partial charge in [-0.2, -0.15) is 0 Å². The molecule has 0 N–H and O–H groups in total. The summed E-state index contributed by atoms with van der Waals surface area (Å²) in [7, 11) is 0. The second-order valence-electron chi connectivity index (χ2n) is 4.74. The average Bonchev–Trinajstić information content (AvgIpc) is 2.63. The number of rotatable bonds is 1. The van der Waals surface area contributed by atoms with Crippen LogP contribution in [0.2, 0.25) is 0 Å². The predicted molar refractivity (Wildman–Crippen MR) is 73.6 cm³/mol. The Bertz CT molecular complexity index is 663. The quantitative estimate of drug-likeness (QED) is 0.728. The topological polar surface area (TPSA) is 17.1 Å². The highest BCUT2D eigenvalue weighted by Crippen LogP contribution is 2.37. The van der Waals surface area contributed by atoms with E-state index in [-0.39, 0.29) is 5.78 Å². The first kappa shape index (κ1) is 11.0. The molecule has 88 valence electrons. The number of allylic oxidation sites excluding steroid dienone is 1. The van der Waals surface area contributed by atoms with Crippen LogP contribution < -0.4 is 0 Å². The van der Waals surface area contributed by atoms with Crippen LogP contribution in [-0.2, 0) is 0 Å². The molecule has 0 aliphatic heterocycles. The van der Waals surface area contributed by atoms with Gasteiger partial charge in [-0.25, -0.2) is 0 Å². The molecule has 1 aliphatic rings. The van der Waals surface area contributed by atoms with E-state index in [1.165, 1.54) is 5.56 Å². The molecule has 0 unspecified atom stereocenters. The Labute approximate surface area is 107 Å². The Morgan fingerprint density at radius 2 is 1.56 bits per heavy atom. The zero-order valence-corrected chi connectivity index (χ0v) is 10.5. The van der Waals surface area contributed by atoms with Gasteiger partial charge >= 0.3 is 0 Å². The van der Waals surface area contributed by atoms with E-state index in [1.807, 2.05) is 37.3 Å². The van der Waals surface area contributed by atoms with Gasteiger partial charge in [0.15, 0.2) is 5.78 Å². The zero-order chi connectivity index (χ0) is 12.7. The lowest BCUT2D eigenvalue weighted by Crippen LogP contribution is -1.95. The van der Waals surface area contributed by atoms with Crippen molar-refractivity contribution in [2.24, 2.45) is 0 Å². The summed E-state index contributed by atoms with van der Waals surface area (Å²) in [4.78, 5) is 12.2. The Morgan fingerprint density at radius 1 is 0.833 bits per heavy atom. The van der Waals surface area contributed by atoms with Crippen LogP contribution >= 0.6 is 0 Å². The molecule has 1 heteroatoms. The maximum absolute atomic E-state index is 12.2. The molecular weight excluding hydrogens is 220 g/mol. The normalized spacial score (nSPS) is 14.0. The van der Waals surface area contributed by atoms with E-state index in [4.69, 9.17) is 0 Å². The molecule has 0 amide bonds. The second-order valence-corrected chi connectivity index (χ2v) is 4.74. The Hall–Kier alpha value is -2.15. The largest absolute Gasteiger partial charge is 0.289 e. The molecule has 2 aromatic carbocycles. The number of hydrogen-bond acceptors (Lipinski definition) is 1. The summed E-state index contributed by atoms with van der Waals surface area (Å²) in [6.45, 7) is 3.97. The summed E-state index contributed by atoms with van der Waals surface area (Å²) in [5.74, 6) is 0.156. The van der Waals surface area contributed by atoms with E-state index >= 15 is 0 Å². The van der Waals surface area contributed by atoms with Crippen LogP contribution in [0.3, 0.4) is 0 Å². The lowest BCUT2D eigenvalue weighted by molar-refractivity contribution is 0.103. The van der Waals surface area contributed by atoms with Crippen molar-refractivity contribution < 1.29 is 4.79 Å². The van der Waals surface area contributed by atoms with Gasteiger partial charge in [-0.15, -0.1) is 0 Å². The minimum absolute atomic E-state index is 0.156.